The zero-order valence-electron chi connectivity index (χ0n) is 25.4. The molecule has 0 radical (unpaired) electrons. The molecule has 0 saturated carbocycles. The first-order valence-corrected chi connectivity index (χ1v) is 16.2. The highest BCUT2D eigenvalue weighted by atomic mass is 32.2. The minimum Gasteiger partial charge on any atom is -0.497 e. The van der Waals surface area contributed by atoms with Gasteiger partial charge in [-0.3, -0.25) is 13.9 Å². The van der Waals surface area contributed by atoms with E-state index in [1.807, 2.05) is 43.3 Å². The van der Waals surface area contributed by atoms with E-state index in [1.165, 1.54) is 36.3 Å². The van der Waals surface area contributed by atoms with Crippen molar-refractivity contribution in [2.24, 2.45) is 0 Å². The fourth-order valence-corrected chi connectivity index (χ4v) is 6.32. The van der Waals surface area contributed by atoms with E-state index in [4.69, 9.17) is 4.74 Å². The number of amides is 2. The Kier molecular flexibility index (Phi) is 11.7. The summed E-state index contributed by atoms with van der Waals surface area (Å²) in [6.07, 6.45) is 1.85. The predicted molar refractivity (Wildman–Crippen MR) is 173 cm³/mol. The van der Waals surface area contributed by atoms with E-state index in [1.54, 1.807) is 36.4 Å². The third-order valence-electron chi connectivity index (χ3n) is 7.31. The van der Waals surface area contributed by atoms with Gasteiger partial charge in [-0.05, 0) is 66.1 Å². The Labute approximate surface area is 264 Å². The number of methoxy groups -OCH3 is 1. The molecule has 1 N–H and O–H groups in total. The van der Waals surface area contributed by atoms with Crippen LogP contribution in [0.3, 0.4) is 0 Å². The number of nitrogens with zero attached hydrogens (tertiary/aromatic N) is 2. The number of sulfonamides is 1. The summed E-state index contributed by atoms with van der Waals surface area (Å²) in [5.74, 6) is -0.920. The van der Waals surface area contributed by atoms with Gasteiger partial charge in [0.05, 0.1) is 17.7 Å². The number of hydrogen-bond donors (Lipinski definition) is 1. The van der Waals surface area contributed by atoms with E-state index in [9.17, 15) is 22.4 Å². The molecule has 2 amide bonds. The lowest BCUT2D eigenvalue weighted by Gasteiger charge is -2.34. The second-order valence-corrected chi connectivity index (χ2v) is 12.4. The van der Waals surface area contributed by atoms with Crippen molar-refractivity contribution in [3.63, 3.8) is 0 Å². The Bertz CT molecular complexity index is 1650. The smallest absolute Gasteiger partial charge is 0.264 e. The number of ether oxygens (including phenoxy) is 1. The van der Waals surface area contributed by atoms with Gasteiger partial charge in [0, 0.05) is 19.5 Å². The first kappa shape index (κ1) is 33.2. The largest absolute Gasteiger partial charge is 0.497 e. The maximum Gasteiger partial charge on any atom is 0.264 e. The van der Waals surface area contributed by atoms with E-state index in [0.717, 1.165) is 34.8 Å². The van der Waals surface area contributed by atoms with Gasteiger partial charge in [0.25, 0.3) is 10.0 Å². The van der Waals surface area contributed by atoms with Crippen LogP contribution in [-0.4, -0.2) is 51.4 Å². The minimum atomic E-state index is -4.26. The number of anilines is 1. The summed E-state index contributed by atoms with van der Waals surface area (Å²) in [4.78, 5) is 29.6. The van der Waals surface area contributed by atoms with Crippen LogP contribution in [0, 0.1) is 5.82 Å². The van der Waals surface area contributed by atoms with E-state index in [0.29, 0.717) is 17.9 Å². The lowest BCUT2D eigenvalue weighted by molar-refractivity contribution is -0.140. The van der Waals surface area contributed by atoms with Gasteiger partial charge >= 0.3 is 0 Å². The molecule has 10 heteroatoms. The van der Waals surface area contributed by atoms with Crippen LogP contribution in [0.1, 0.15) is 30.9 Å². The van der Waals surface area contributed by atoms with Gasteiger partial charge < -0.3 is 15.0 Å². The van der Waals surface area contributed by atoms with Crippen LogP contribution in [0.4, 0.5) is 10.1 Å². The zero-order chi connectivity index (χ0) is 32.2. The van der Waals surface area contributed by atoms with E-state index in [-0.39, 0.29) is 29.5 Å². The molecule has 236 valence electrons. The van der Waals surface area contributed by atoms with Crippen LogP contribution in [0.2, 0.25) is 0 Å². The molecule has 0 saturated heterocycles. The van der Waals surface area contributed by atoms with E-state index < -0.39 is 34.3 Å². The summed E-state index contributed by atoms with van der Waals surface area (Å²) in [7, 11) is -2.72. The fraction of sp³-hybridized carbons (Fsp3) is 0.257. The number of rotatable bonds is 15. The summed E-state index contributed by atoms with van der Waals surface area (Å²) in [6, 6.07) is 28.2. The Balaban J connectivity index is 1.79. The number of carbonyl (C=O) groups excluding carboxylic acids is 2. The Hall–Kier alpha value is -4.70. The molecule has 45 heavy (non-hydrogen) atoms. The average Bonchev–Trinajstić information content (AvgIpc) is 3.06. The molecule has 0 unspecified atom stereocenters. The summed E-state index contributed by atoms with van der Waals surface area (Å²) in [5, 5.41) is 2.96. The van der Waals surface area contributed by atoms with E-state index in [2.05, 4.69) is 5.32 Å². The molecule has 4 rings (SSSR count). The van der Waals surface area contributed by atoms with Gasteiger partial charge in [0.2, 0.25) is 11.8 Å². The Morgan fingerprint density at radius 2 is 1.51 bits per heavy atom. The van der Waals surface area contributed by atoms with Gasteiger partial charge in [0.15, 0.2) is 0 Å². The monoisotopic (exact) mass is 631 g/mol. The molecule has 0 aliphatic heterocycles. The van der Waals surface area contributed by atoms with Crippen molar-refractivity contribution in [1.29, 1.82) is 0 Å². The third-order valence-corrected chi connectivity index (χ3v) is 9.10. The van der Waals surface area contributed by atoms with Crippen LogP contribution in [-0.2, 0) is 32.6 Å². The van der Waals surface area contributed by atoms with Crippen LogP contribution >= 0.6 is 0 Å². The van der Waals surface area contributed by atoms with Gasteiger partial charge in [-0.25, -0.2) is 12.8 Å². The van der Waals surface area contributed by atoms with Crippen molar-refractivity contribution in [2.75, 3.05) is 24.5 Å². The lowest BCUT2D eigenvalue weighted by atomic mass is 10.0. The SMILES string of the molecule is CCCCNC(=O)[C@@H](Cc1ccccc1)N(Cc1cccc(OC)c1)C(=O)CN(c1ccc(F)cc1)S(=O)(=O)c1ccccc1. The highest BCUT2D eigenvalue weighted by molar-refractivity contribution is 7.92. The van der Waals surface area contributed by atoms with Crippen LogP contribution in [0.5, 0.6) is 5.75 Å². The molecule has 0 aliphatic rings. The molecule has 1 atom stereocenters. The van der Waals surface area contributed by atoms with Gasteiger partial charge in [0.1, 0.15) is 24.2 Å². The number of unbranched alkanes of at least 4 members (excludes halogenated alkanes) is 1. The quantitative estimate of drug-likeness (QED) is 0.173. The summed E-state index contributed by atoms with van der Waals surface area (Å²) >= 11 is 0. The molecular weight excluding hydrogens is 593 g/mol. The van der Waals surface area contributed by atoms with Crippen LogP contribution in [0.15, 0.2) is 114 Å². The third kappa shape index (κ3) is 8.92. The fourth-order valence-electron chi connectivity index (χ4n) is 4.88. The molecule has 0 aliphatic carbocycles. The van der Waals surface area contributed by atoms with Crippen molar-refractivity contribution >= 4 is 27.5 Å². The van der Waals surface area contributed by atoms with Crippen molar-refractivity contribution < 1.29 is 27.1 Å². The second kappa shape index (κ2) is 15.9. The summed E-state index contributed by atoms with van der Waals surface area (Å²) < 4.78 is 48.1. The predicted octanol–water partition coefficient (Wildman–Crippen LogP) is 5.59. The molecule has 0 spiro atoms. The van der Waals surface area contributed by atoms with Gasteiger partial charge in [-0.1, -0.05) is 74.0 Å². The Morgan fingerprint density at radius 1 is 0.867 bits per heavy atom. The molecule has 0 heterocycles. The molecule has 4 aromatic rings. The van der Waals surface area contributed by atoms with Crippen molar-refractivity contribution in [3.05, 3.63) is 126 Å². The van der Waals surface area contributed by atoms with Gasteiger partial charge in [-0.15, -0.1) is 0 Å². The van der Waals surface area contributed by atoms with Crippen molar-refractivity contribution in [1.82, 2.24) is 10.2 Å². The van der Waals surface area contributed by atoms with Gasteiger partial charge in [-0.2, -0.15) is 0 Å². The number of nitrogens with one attached hydrogen (secondary N) is 1. The average molecular weight is 632 g/mol. The summed E-state index contributed by atoms with van der Waals surface area (Å²) in [5.41, 5.74) is 1.65. The highest BCUT2D eigenvalue weighted by Gasteiger charge is 2.34. The molecule has 0 bridgehead atoms. The second-order valence-electron chi connectivity index (χ2n) is 10.5. The number of benzene rings is 4. The molecule has 8 nitrogen and oxygen atoms in total. The number of hydrogen-bond acceptors (Lipinski definition) is 5. The summed E-state index contributed by atoms with van der Waals surface area (Å²) in [6.45, 7) is 1.84. The lowest BCUT2D eigenvalue weighted by Crippen LogP contribution is -2.53. The van der Waals surface area contributed by atoms with Crippen molar-refractivity contribution in [3.8, 4) is 5.75 Å². The standard InChI is InChI=1S/C35H38FN3O5S/c1-3-4-22-37-35(41)33(24-27-12-7-5-8-13-27)38(25-28-14-11-15-31(23-28)44-2)34(40)26-39(30-20-18-29(36)19-21-30)45(42,43)32-16-9-6-10-17-32/h5-21,23,33H,3-4,22,24-26H2,1-2H3,(H,37,41)/t33-/m1/s1. The van der Waals surface area contributed by atoms with Crippen LogP contribution in [0.25, 0.3) is 0 Å². The number of carbonyl (C=O) groups is 2. The Morgan fingerprint density at radius 3 is 2.16 bits per heavy atom. The van der Waals surface area contributed by atoms with Crippen molar-refractivity contribution in [2.45, 2.75) is 43.7 Å². The topological polar surface area (TPSA) is 96.0 Å². The maximum atomic E-state index is 14.4. The first-order chi connectivity index (χ1) is 21.7. The number of halogens is 1. The van der Waals surface area contributed by atoms with Crippen LogP contribution < -0.4 is 14.4 Å². The highest BCUT2D eigenvalue weighted by Crippen LogP contribution is 2.26. The first-order valence-electron chi connectivity index (χ1n) is 14.8. The molecule has 4 aromatic carbocycles. The minimum absolute atomic E-state index is 0.0113. The normalized spacial score (nSPS) is 11.8. The molecular formula is C35H38FN3O5S. The zero-order valence-corrected chi connectivity index (χ0v) is 26.3. The molecule has 0 fully saturated rings. The molecule has 0 aromatic heterocycles. The maximum absolute atomic E-state index is 14.4. The van der Waals surface area contributed by atoms with E-state index >= 15 is 0 Å².